The van der Waals surface area contributed by atoms with Crippen molar-refractivity contribution >= 4 is 27.0 Å². The Bertz CT molecular complexity index is 1140. The first kappa shape index (κ1) is 21.4. The van der Waals surface area contributed by atoms with Crippen molar-refractivity contribution in [2.75, 3.05) is 6.61 Å². The highest BCUT2D eigenvalue weighted by Gasteiger charge is 2.13. The van der Waals surface area contributed by atoms with E-state index in [1.807, 2.05) is 49.4 Å². The van der Waals surface area contributed by atoms with E-state index in [1.165, 1.54) is 5.56 Å². The van der Waals surface area contributed by atoms with Crippen molar-refractivity contribution in [3.63, 3.8) is 0 Å². The van der Waals surface area contributed by atoms with Gasteiger partial charge in [-0.2, -0.15) is 0 Å². The molecule has 31 heavy (non-hydrogen) atoms. The van der Waals surface area contributed by atoms with E-state index in [4.69, 9.17) is 9.47 Å². The third-order valence-electron chi connectivity index (χ3n) is 5.06. The number of fused-ring (bicyclic) bond motifs is 1. The van der Waals surface area contributed by atoms with Gasteiger partial charge in [0.1, 0.15) is 12.4 Å². The smallest absolute Gasteiger partial charge is 0.175 e. The van der Waals surface area contributed by atoms with Crippen molar-refractivity contribution in [2.24, 2.45) is 0 Å². The molecule has 0 saturated carbocycles. The van der Waals surface area contributed by atoms with Gasteiger partial charge in [0, 0.05) is 6.54 Å². The number of hydrogen-bond donors (Lipinski definition) is 2. The van der Waals surface area contributed by atoms with E-state index in [0.29, 0.717) is 26.3 Å². The molecule has 0 amide bonds. The summed E-state index contributed by atoms with van der Waals surface area (Å²) in [6.07, 6.45) is 0. The Morgan fingerprint density at radius 3 is 2.61 bits per heavy atom. The molecule has 0 spiro atoms. The summed E-state index contributed by atoms with van der Waals surface area (Å²) < 4.78 is 12.9. The van der Waals surface area contributed by atoms with E-state index in [-0.39, 0.29) is 0 Å². The minimum absolute atomic E-state index is 0.495. The van der Waals surface area contributed by atoms with E-state index in [0.717, 1.165) is 44.0 Å². The van der Waals surface area contributed by atoms with Crippen LogP contribution in [0.15, 0.2) is 65.1 Å². The molecule has 0 radical (unpaired) electrons. The summed E-state index contributed by atoms with van der Waals surface area (Å²) in [6, 6.07) is 20.4. The molecule has 0 aliphatic carbocycles. The summed E-state index contributed by atoms with van der Waals surface area (Å²) in [5.41, 5.74) is 5.51. The van der Waals surface area contributed by atoms with Crippen molar-refractivity contribution in [1.29, 1.82) is 0 Å². The van der Waals surface area contributed by atoms with E-state index in [1.54, 1.807) is 0 Å². The molecule has 1 heterocycles. The highest BCUT2D eigenvalue weighted by molar-refractivity contribution is 9.10. The maximum atomic E-state index is 6.14. The van der Waals surface area contributed by atoms with Gasteiger partial charge in [-0.15, -0.1) is 0 Å². The van der Waals surface area contributed by atoms with Crippen LogP contribution in [-0.2, 0) is 19.7 Å². The Morgan fingerprint density at radius 1 is 1.00 bits per heavy atom. The molecular formula is C25H26BrN3O2. The minimum atomic E-state index is 0.495. The number of ether oxygens (including phenoxy) is 2. The highest BCUT2D eigenvalue weighted by Crippen LogP contribution is 2.37. The monoisotopic (exact) mass is 479 g/mol. The Hall–Kier alpha value is -2.83. The van der Waals surface area contributed by atoms with Crippen molar-refractivity contribution in [1.82, 2.24) is 15.3 Å². The van der Waals surface area contributed by atoms with E-state index < -0.39 is 0 Å². The number of nitrogens with one attached hydrogen (secondary N) is 2. The summed E-state index contributed by atoms with van der Waals surface area (Å²) in [5, 5.41) is 3.45. The van der Waals surface area contributed by atoms with Gasteiger partial charge in [0.2, 0.25) is 0 Å². The third kappa shape index (κ3) is 5.27. The summed E-state index contributed by atoms with van der Waals surface area (Å²) in [4.78, 5) is 7.95. The van der Waals surface area contributed by atoms with Crippen molar-refractivity contribution in [3.05, 3.63) is 87.7 Å². The molecule has 160 valence electrons. The van der Waals surface area contributed by atoms with E-state index in [9.17, 15) is 0 Å². The van der Waals surface area contributed by atoms with Gasteiger partial charge in [-0.05, 0) is 70.7 Å². The molecule has 3 aromatic carbocycles. The number of aromatic amines is 1. The summed E-state index contributed by atoms with van der Waals surface area (Å²) in [7, 11) is 0. The number of benzene rings is 3. The molecule has 5 nitrogen and oxygen atoms in total. The Kier molecular flexibility index (Phi) is 6.89. The zero-order chi connectivity index (χ0) is 21.6. The van der Waals surface area contributed by atoms with Gasteiger partial charge in [-0.1, -0.05) is 36.4 Å². The third-order valence-corrected chi connectivity index (χ3v) is 5.65. The number of halogens is 1. The largest absolute Gasteiger partial charge is 0.490 e. The summed E-state index contributed by atoms with van der Waals surface area (Å²) in [5.74, 6) is 2.39. The van der Waals surface area contributed by atoms with Crippen LogP contribution in [0.5, 0.6) is 11.5 Å². The number of imidazole rings is 1. The first-order valence-corrected chi connectivity index (χ1v) is 11.2. The van der Waals surface area contributed by atoms with Gasteiger partial charge in [-0.25, -0.2) is 4.98 Å². The van der Waals surface area contributed by atoms with Gasteiger partial charge >= 0.3 is 0 Å². The Labute approximate surface area is 190 Å². The average Bonchev–Trinajstić information content (AvgIpc) is 3.17. The molecule has 1 aromatic heterocycles. The van der Waals surface area contributed by atoms with Crippen molar-refractivity contribution in [2.45, 2.75) is 33.5 Å². The lowest BCUT2D eigenvalue weighted by Gasteiger charge is -2.16. The lowest BCUT2D eigenvalue weighted by atomic mass is 10.1. The second kappa shape index (κ2) is 9.98. The lowest BCUT2D eigenvalue weighted by molar-refractivity contribution is 0.267. The van der Waals surface area contributed by atoms with Gasteiger partial charge in [0.15, 0.2) is 11.5 Å². The predicted molar refractivity (Wildman–Crippen MR) is 127 cm³/mol. The van der Waals surface area contributed by atoms with Gasteiger partial charge in [0.25, 0.3) is 0 Å². The van der Waals surface area contributed by atoms with Gasteiger partial charge in [0.05, 0.1) is 28.7 Å². The Balaban J connectivity index is 1.43. The lowest BCUT2D eigenvalue weighted by Crippen LogP contribution is -2.14. The average molecular weight is 480 g/mol. The van der Waals surface area contributed by atoms with Crippen LogP contribution >= 0.6 is 15.9 Å². The molecule has 2 N–H and O–H groups in total. The molecular weight excluding hydrogens is 454 g/mol. The van der Waals surface area contributed by atoms with Crippen LogP contribution in [-0.4, -0.2) is 16.6 Å². The number of aromatic nitrogens is 2. The SMILES string of the molecule is CCOc1cc(CNCc2nc3ccccc3[nH]2)cc(Br)c1OCc1ccccc1C. The van der Waals surface area contributed by atoms with Crippen LogP contribution in [0.25, 0.3) is 11.0 Å². The van der Waals surface area contributed by atoms with Crippen LogP contribution < -0.4 is 14.8 Å². The molecule has 6 heteroatoms. The number of para-hydroxylation sites is 2. The first-order valence-electron chi connectivity index (χ1n) is 10.4. The first-order chi connectivity index (χ1) is 15.1. The van der Waals surface area contributed by atoms with Crippen molar-refractivity contribution < 1.29 is 9.47 Å². The molecule has 0 saturated heterocycles. The Morgan fingerprint density at radius 2 is 1.81 bits per heavy atom. The van der Waals surface area contributed by atoms with Gasteiger partial charge < -0.3 is 19.8 Å². The van der Waals surface area contributed by atoms with Gasteiger partial charge in [-0.3, -0.25) is 0 Å². The van der Waals surface area contributed by atoms with E-state index >= 15 is 0 Å². The molecule has 0 aliphatic heterocycles. The summed E-state index contributed by atoms with van der Waals surface area (Å²) >= 11 is 3.67. The van der Waals surface area contributed by atoms with E-state index in [2.05, 4.69) is 56.3 Å². The standard InChI is InChI=1S/C25H26BrN3O2/c1-3-30-23-13-18(14-27-15-24-28-21-10-6-7-11-22(21)29-24)12-20(26)25(23)31-16-19-9-5-4-8-17(19)2/h4-13,27H,3,14-16H2,1-2H3,(H,28,29). The molecule has 4 rings (SSSR count). The molecule has 0 bridgehead atoms. The van der Waals surface area contributed by atoms with Crippen molar-refractivity contribution in [3.8, 4) is 11.5 Å². The zero-order valence-corrected chi connectivity index (χ0v) is 19.3. The molecule has 0 fully saturated rings. The fourth-order valence-electron chi connectivity index (χ4n) is 3.46. The fourth-order valence-corrected chi connectivity index (χ4v) is 4.07. The second-order valence-electron chi connectivity index (χ2n) is 7.36. The normalized spacial score (nSPS) is 11.1. The second-order valence-corrected chi connectivity index (χ2v) is 8.21. The quantitative estimate of drug-likeness (QED) is 0.313. The van der Waals surface area contributed by atoms with Crippen LogP contribution in [0, 0.1) is 6.92 Å². The minimum Gasteiger partial charge on any atom is -0.490 e. The van der Waals surface area contributed by atoms with Crippen LogP contribution in [0.3, 0.4) is 0 Å². The molecule has 0 atom stereocenters. The molecule has 0 aliphatic rings. The molecule has 0 unspecified atom stereocenters. The van der Waals surface area contributed by atoms with Crippen LogP contribution in [0.1, 0.15) is 29.4 Å². The van der Waals surface area contributed by atoms with Crippen LogP contribution in [0.2, 0.25) is 0 Å². The number of nitrogens with zero attached hydrogens (tertiary/aromatic N) is 1. The maximum Gasteiger partial charge on any atom is 0.175 e. The number of rotatable bonds is 9. The topological polar surface area (TPSA) is 59.2 Å². The maximum absolute atomic E-state index is 6.14. The summed E-state index contributed by atoms with van der Waals surface area (Å²) in [6.45, 7) is 6.48. The molecule has 4 aromatic rings. The fraction of sp³-hybridized carbons (Fsp3) is 0.240. The number of aryl methyl sites for hydroxylation is 1. The predicted octanol–water partition coefficient (Wildman–Crippen LogP) is 5.90. The number of H-pyrrole nitrogens is 1. The highest BCUT2D eigenvalue weighted by atomic mass is 79.9. The number of hydrogen-bond acceptors (Lipinski definition) is 4. The van der Waals surface area contributed by atoms with Crippen LogP contribution in [0.4, 0.5) is 0 Å². The zero-order valence-electron chi connectivity index (χ0n) is 17.7.